The minimum atomic E-state index is 0.642. The number of rotatable bonds is 8. The van der Waals surface area contributed by atoms with Crippen LogP contribution in [0.1, 0.15) is 52.9 Å². The first-order valence-corrected chi connectivity index (χ1v) is 7.82. The molecule has 0 aromatic rings. The summed E-state index contributed by atoms with van der Waals surface area (Å²) in [5.41, 5.74) is 0. The molecule has 3 nitrogen and oxygen atoms in total. The van der Waals surface area contributed by atoms with Crippen LogP contribution in [0.25, 0.3) is 0 Å². The molecule has 1 heterocycles. The summed E-state index contributed by atoms with van der Waals surface area (Å²) in [5, 5.41) is 3.77. The second-order valence-corrected chi connectivity index (χ2v) is 5.48. The molecule has 108 valence electrons. The average Bonchev–Trinajstić information content (AvgIpc) is 2.63. The zero-order valence-electron chi connectivity index (χ0n) is 12.6. The van der Waals surface area contributed by atoms with Crippen molar-refractivity contribution in [3.63, 3.8) is 0 Å². The normalized spacial score (nSPS) is 23.0. The lowest BCUT2D eigenvalue weighted by Gasteiger charge is -2.23. The van der Waals surface area contributed by atoms with E-state index in [4.69, 9.17) is 4.74 Å². The lowest BCUT2D eigenvalue weighted by Crippen LogP contribution is -2.37. The van der Waals surface area contributed by atoms with Gasteiger partial charge in [0.2, 0.25) is 0 Å². The van der Waals surface area contributed by atoms with Crippen LogP contribution in [0.3, 0.4) is 0 Å². The van der Waals surface area contributed by atoms with Gasteiger partial charge in [0.1, 0.15) is 0 Å². The highest BCUT2D eigenvalue weighted by Gasteiger charge is 2.14. The fourth-order valence-corrected chi connectivity index (χ4v) is 2.72. The van der Waals surface area contributed by atoms with Crippen LogP contribution in [0.5, 0.6) is 0 Å². The van der Waals surface area contributed by atoms with Gasteiger partial charge in [-0.05, 0) is 58.7 Å². The van der Waals surface area contributed by atoms with Crippen LogP contribution in [0, 0.1) is 0 Å². The highest BCUT2D eigenvalue weighted by molar-refractivity contribution is 4.73. The van der Waals surface area contributed by atoms with E-state index in [0.717, 1.165) is 13.2 Å². The minimum absolute atomic E-state index is 0.642. The predicted molar refractivity (Wildman–Crippen MR) is 78.1 cm³/mol. The Hall–Kier alpha value is -0.120. The van der Waals surface area contributed by atoms with Gasteiger partial charge in [0.05, 0.1) is 0 Å². The highest BCUT2D eigenvalue weighted by Crippen LogP contribution is 2.10. The van der Waals surface area contributed by atoms with Crippen LogP contribution in [-0.4, -0.2) is 49.8 Å². The van der Waals surface area contributed by atoms with Crippen LogP contribution in [0.2, 0.25) is 0 Å². The number of hydrogen-bond donors (Lipinski definition) is 1. The summed E-state index contributed by atoms with van der Waals surface area (Å²) < 4.78 is 5.50. The highest BCUT2D eigenvalue weighted by atomic mass is 16.5. The van der Waals surface area contributed by atoms with Gasteiger partial charge < -0.3 is 15.0 Å². The summed E-state index contributed by atoms with van der Waals surface area (Å²) in [4.78, 5) is 2.51. The fraction of sp³-hybridized carbons (Fsp3) is 1.00. The summed E-state index contributed by atoms with van der Waals surface area (Å²) >= 11 is 0. The number of nitrogens with one attached hydrogen (secondary N) is 1. The second kappa shape index (κ2) is 9.76. The van der Waals surface area contributed by atoms with E-state index in [9.17, 15) is 0 Å². The Labute approximate surface area is 113 Å². The van der Waals surface area contributed by atoms with Crippen LogP contribution in [0.15, 0.2) is 0 Å². The largest absolute Gasteiger partial charge is 0.381 e. The Bertz CT molecular complexity index is 187. The van der Waals surface area contributed by atoms with Gasteiger partial charge >= 0.3 is 0 Å². The van der Waals surface area contributed by atoms with Crippen molar-refractivity contribution in [1.29, 1.82) is 0 Å². The lowest BCUT2D eigenvalue weighted by molar-refractivity contribution is 0.142. The Kier molecular flexibility index (Phi) is 8.64. The molecule has 3 heteroatoms. The number of hydrogen-bond acceptors (Lipinski definition) is 3. The second-order valence-electron chi connectivity index (χ2n) is 5.48. The molecule has 1 aliphatic heterocycles. The molecule has 1 saturated heterocycles. The van der Waals surface area contributed by atoms with Crippen LogP contribution < -0.4 is 5.32 Å². The molecule has 1 N–H and O–H groups in total. The molecule has 0 amide bonds. The van der Waals surface area contributed by atoms with Crippen molar-refractivity contribution in [3.05, 3.63) is 0 Å². The van der Waals surface area contributed by atoms with E-state index in [0.29, 0.717) is 12.1 Å². The third kappa shape index (κ3) is 6.72. The Balaban J connectivity index is 2.10. The summed E-state index contributed by atoms with van der Waals surface area (Å²) in [7, 11) is 0. The van der Waals surface area contributed by atoms with E-state index < -0.39 is 0 Å². The first kappa shape index (κ1) is 15.9. The quantitative estimate of drug-likeness (QED) is 0.722. The number of nitrogens with zero attached hydrogens (tertiary/aromatic N) is 1. The summed E-state index contributed by atoms with van der Waals surface area (Å²) in [6.45, 7) is 12.3. The molecule has 1 aliphatic rings. The molecule has 1 fully saturated rings. The molecule has 1 rings (SSSR count). The van der Waals surface area contributed by atoms with Gasteiger partial charge in [0, 0.05) is 25.3 Å². The summed E-state index contributed by atoms with van der Waals surface area (Å²) in [5.74, 6) is 0. The molecule has 0 aromatic carbocycles. The van der Waals surface area contributed by atoms with Crippen molar-refractivity contribution >= 4 is 0 Å². The maximum atomic E-state index is 5.50. The molecule has 0 aromatic heterocycles. The fourth-order valence-electron chi connectivity index (χ4n) is 2.72. The van der Waals surface area contributed by atoms with Crippen molar-refractivity contribution in [2.24, 2.45) is 0 Å². The topological polar surface area (TPSA) is 24.5 Å². The van der Waals surface area contributed by atoms with Gasteiger partial charge in [0.25, 0.3) is 0 Å². The molecule has 0 aliphatic carbocycles. The van der Waals surface area contributed by atoms with E-state index in [-0.39, 0.29) is 0 Å². The molecule has 0 radical (unpaired) electrons. The lowest BCUT2D eigenvalue weighted by atomic mass is 10.1. The number of ether oxygens (including phenoxy) is 1. The van der Waals surface area contributed by atoms with Crippen molar-refractivity contribution in [2.45, 2.75) is 65.0 Å². The molecule has 0 spiro atoms. The van der Waals surface area contributed by atoms with Crippen LogP contribution in [-0.2, 0) is 4.74 Å². The third-order valence-corrected chi connectivity index (χ3v) is 3.98. The Morgan fingerprint density at radius 1 is 1.22 bits per heavy atom. The van der Waals surface area contributed by atoms with Gasteiger partial charge in [-0.2, -0.15) is 0 Å². The minimum Gasteiger partial charge on any atom is -0.381 e. The predicted octanol–water partition coefficient (Wildman–Crippen LogP) is 2.66. The molecule has 0 saturated carbocycles. The molecule has 18 heavy (non-hydrogen) atoms. The third-order valence-electron chi connectivity index (χ3n) is 3.98. The van der Waals surface area contributed by atoms with E-state index in [1.807, 2.05) is 0 Å². The Morgan fingerprint density at radius 3 is 2.72 bits per heavy atom. The monoisotopic (exact) mass is 256 g/mol. The standard InChI is InChI=1S/C15H32N2O/c1-4-17(5-2)11-6-8-14(3)16-15-9-7-12-18-13-10-15/h14-16H,4-13H2,1-3H3. The van der Waals surface area contributed by atoms with Crippen molar-refractivity contribution in [3.8, 4) is 0 Å². The van der Waals surface area contributed by atoms with Crippen LogP contribution in [0.4, 0.5) is 0 Å². The van der Waals surface area contributed by atoms with Crippen LogP contribution >= 0.6 is 0 Å². The summed E-state index contributed by atoms with van der Waals surface area (Å²) in [6.07, 6.45) is 6.26. The van der Waals surface area contributed by atoms with Gasteiger partial charge in [-0.25, -0.2) is 0 Å². The summed E-state index contributed by atoms with van der Waals surface area (Å²) in [6, 6.07) is 1.32. The van der Waals surface area contributed by atoms with E-state index >= 15 is 0 Å². The van der Waals surface area contributed by atoms with Gasteiger partial charge in [-0.3, -0.25) is 0 Å². The Morgan fingerprint density at radius 2 is 2.00 bits per heavy atom. The average molecular weight is 256 g/mol. The van der Waals surface area contributed by atoms with Gasteiger partial charge in [-0.1, -0.05) is 13.8 Å². The van der Waals surface area contributed by atoms with E-state index in [2.05, 4.69) is 31.0 Å². The van der Waals surface area contributed by atoms with Gasteiger partial charge in [-0.15, -0.1) is 0 Å². The first-order valence-electron chi connectivity index (χ1n) is 7.82. The SMILES string of the molecule is CCN(CC)CCCC(C)NC1CCCOCC1. The smallest absolute Gasteiger partial charge is 0.0480 e. The van der Waals surface area contributed by atoms with Gasteiger partial charge in [0.15, 0.2) is 0 Å². The van der Waals surface area contributed by atoms with Crippen molar-refractivity contribution < 1.29 is 4.74 Å². The zero-order valence-corrected chi connectivity index (χ0v) is 12.6. The molecule has 2 unspecified atom stereocenters. The van der Waals surface area contributed by atoms with Crippen molar-refractivity contribution in [1.82, 2.24) is 10.2 Å². The molecular formula is C15H32N2O. The maximum Gasteiger partial charge on any atom is 0.0480 e. The molecule has 2 atom stereocenters. The van der Waals surface area contributed by atoms with E-state index in [1.54, 1.807) is 0 Å². The molecule has 0 bridgehead atoms. The maximum absolute atomic E-state index is 5.50. The zero-order chi connectivity index (χ0) is 13.2. The van der Waals surface area contributed by atoms with E-state index in [1.165, 1.54) is 51.7 Å². The molecular weight excluding hydrogens is 224 g/mol. The first-order chi connectivity index (χ1) is 8.76. The van der Waals surface area contributed by atoms with Crippen molar-refractivity contribution in [2.75, 3.05) is 32.8 Å².